The average Bonchev–Trinajstić information content (AvgIpc) is 2.00. The van der Waals surface area contributed by atoms with Gasteiger partial charge in [0.2, 0.25) is 0 Å². The fraction of sp³-hybridized carbons (Fsp3) is 0.500. The normalized spacial score (nSPS) is 11.3. The van der Waals surface area contributed by atoms with Gasteiger partial charge in [-0.05, 0) is 39.5 Å². The van der Waals surface area contributed by atoms with Crippen molar-refractivity contribution in [3.05, 3.63) is 36.5 Å². The third kappa shape index (κ3) is 7.33. The van der Waals surface area contributed by atoms with E-state index in [1.807, 2.05) is 6.08 Å². The molecule has 0 rings (SSSR count). The molecule has 12 heavy (non-hydrogen) atoms. The zero-order chi connectivity index (χ0) is 9.40. The quantitative estimate of drug-likeness (QED) is 0.515. The Morgan fingerprint density at radius 2 is 1.92 bits per heavy atom. The van der Waals surface area contributed by atoms with Crippen molar-refractivity contribution in [1.82, 2.24) is 0 Å². The first-order valence-electron chi connectivity index (χ1n) is 4.57. The summed E-state index contributed by atoms with van der Waals surface area (Å²) in [5.74, 6) is 0. The summed E-state index contributed by atoms with van der Waals surface area (Å²) in [5.41, 5.74) is 2.75. The monoisotopic (exact) mass is 164 g/mol. The molecule has 0 N–H and O–H groups in total. The topological polar surface area (TPSA) is 0 Å². The van der Waals surface area contributed by atoms with Crippen LogP contribution >= 0.6 is 0 Å². The zero-order valence-corrected chi connectivity index (χ0v) is 8.40. The highest BCUT2D eigenvalue weighted by Gasteiger charge is 1.90. The minimum absolute atomic E-state index is 0.999. The number of hydrogen-bond donors (Lipinski definition) is 0. The molecule has 0 heterocycles. The molecule has 0 aliphatic carbocycles. The molecule has 0 aliphatic heterocycles. The highest BCUT2D eigenvalue weighted by molar-refractivity contribution is 5.01. The summed E-state index contributed by atoms with van der Waals surface area (Å²) in [6.07, 6.45) is 8.75. The van der Waals surface area contributed by atoms with Gasteiger partial charge in [0.15, 0.2) is 0 Å². The summed E-state index contributed by atoms with van der Waals surface area (Å²) < 4.78 is 0. The Morgan fingerprint density at radius 1 is 1.25 bits per heavy atom. The maximum atomic E-state index is 3.88. The summed E-state index contributed by atoms with van der Waals surface area (Å²) in [6.45, 7) is 11.8. The minimum atomic E-state index is 0.999. The summed E-state index contributed by atoms with van der Waals surface area (Å²) in [5, 5.41) is 0. The number of rotatable bonds is 6. The molecule has 0 unspecified atom stereocenters. The summed E-state index contributed by atoms with van der Waals surface area (Å²) >= 11 is 0. The van der Waals surface area contributed by atoms with Gasteiger partial charge < -0.3 is 0 Å². The van der Waals surface area contributed by atoms with Crippen LogP contribution in [0.25, 0.3) is 0 Å². The van der Waals surface area contributed by atoms with Gasteiger partial charge in [-0.2, -0.15) is 0 Å². The maximum Gasteiger partial charge on any atom is -0.0169 e. The predicted octanol–water partition coefficient (Wildman–Crippen LogP) is 4.26. The second-order valence-electron chi connectivity index (χ2n) is 3.39. The lowest BCUT2D eigenvalue weighted by Crippen LogP contribution is -1.80. The van der Waals surface area contributed by atoms with E-state index in [1.54, 1.807) is 0 Å². The molecule has 0 aromatic heterocycles. The fourth-order valence-corrected chi connectivity index (χ4v) is 1.06. The van der Waals surface area contributed by atoms with E-state index in [0.717, 1.165) is 12.8 Å². The predicted molar refractivity (Wildman–Crippen MR) is 57.2 cm³/mol. The molecular weight excluding hydrogens is 144 g/mol. The molecule has 0 saturated carbocycles. The molecule has 0 atom stereocenters. The van der Waals surface area contributed by atoms with E-state index in [9.17, 15) is 0 Å². The van der Waals surface area contributed by atoms with E-state index in [1.165, 1.54) is 24.0 Å². The van der Waals surface area contributed by atoms with Crippen LogP contribution in [0, 0.1) is 0 Å². The second-order valence-corrected chi connectivity index (χ2v) is 3.39. The van der Waals surface area contributed by atoms with Gasteiger partial charge in [0.05, 0.1) is 0 Å². The van der Waals surface area contributed by atoms with Crippen LogP contribution in [0.1, 0.15) is 39.5 Å². The van der Waals surface area contributed by atoms with Crippen molar-refractivity contribution in [2.24, 2.45) is 0 Å². The van der Waals surface area contributed by atoms with Crippen LogP contribution in [0.2, 0.25) is 0 Å². The third-order valence-corrected chi connectivity index (χ3v) is 1.81. The summed E-state index contributed by atoms with van der Waals surface area (Å²) in [7, 11) is 0. The maximum absolute atomic E-state index is 3.88. The van der Waals surface area contributed by atoms with E-state index in [0.29, 0.717) is 0 Å². The van der Waals surface area contributed by atoms with Crippen molar-refractivity contribution >= 4 is 0 Å². The first-order valence-corrected chi connectivity index (χ1v) is 4.57. The van der Waals surface area contributed by atoms with Gasteiger partial charge in [-0.1, -0.05) is 23.3 Å². The van der Waals surface area contributed by atoms with Crippen molar-refractivity contribution in [3.8, 4) is 0 Å². The number of hydrogen-bond acceptors (Lipinski definition) is 0. The molecule has 0 amide bonds. The highest BCUT2D eigenvalue weighted by atomic mass is 14.0. The number of allylic oxidation sites excluding steroid dienone is 4. The van der Waals surface area contributed by atoms with Crippen molar-refractivity contribution in [2.75, 3.05) is 0 Å². The van der Waals surface area contributed by atoms with Crippen LogP contribution in [-0.2, 0) is 0 Å². The van der Waals surface area contributed by atoms with Crippen LogP contribution in [0.5, 0.6) is 0 Å². The third-order valence-electron chi connectivity index (χ3n) is 1.81. The Labute approximate surface area is 76.7 Å². The zero-order valence-electron chi connectivity index (χ0n) is 8.40. The van der Waals surface area contributed by atoms with E-state index in [4.69, 9.17) is 0 Å². The Kier molecular flexibility index (Phi) is 6.45. The van der Waals surface area contributed by atoms with Gasteiger partial charge in [0.1, 0.15) is 0 Å². The average molecular weight is 164 g/mol. The second kappa shape index (κ2) is 6.90. The molecule has 0 radical (unpaired) electrons. The standard InChI is InChI=1S/C12H20/c1-5-6-9-12(4)10-7-8-11(2)3/h5,9H,1-2,6-8,10H2,3-4H3. The van der Waals surface area contributed by atoms with Crippen LogP contribution in [0.3, 0.4) is 0 Å². The first kappa shape index (κ1) is 11.2. The van der Waals surface area contributed by atoms with Gasteiger partial charge in [-0.25, -0.2) is 0 Å². The van der Waals surface area contributed by atoms with E-state index in [-0.39, 0.29) is 0 Å². The SMILES string of the molecule is C=CCC=C(C)CCCC(=C)C. The minimum Gasteiger partial charge on any atom is -0.103 e. The highest BCUT2D eigenvalue weighted by Crippen LogP contribution is 2.10. The van der Waals surface area contributed by atoms with E-state index in [2.05, 4.69) is 33.1 Å². The van der Waals surface area contributed by atoms with Gasteiger partial charge in [0.25, 0.3) is 0 Å². The molecule has 68 valence electrons. The largest absolute Gasteiger partial charge is 0.103 e. The smallest absolute Gasteiger partial charge is 0.0169 e. The van der Waals surface area contributed by atoms with Crippen LogP contribution < -0.4 is 0 Å². The first-order chi connectivity index (χ1) is 5.66. The summed E-state index contributed by atoms with van der Waals surface area (Å²) in [4.78, 5) is 0. The molecule has 0 bridgehead atoms. The molecule has 0 saturated heterocycles. The van der Waals surface area contributed by atoms with E-state index >= 15 is 0 Å². The van der Waals surface area contributed by atoms with Crippen molar-refractivity contribution in [2.45, 2.75) is 39.5 Å². The Morgan fingerprint density at radius 3 is 2.42 bits per heavy atom. The lowest BCUT2D eigenvalue weighted by Gasteiger charge is -2.00. The Bertz CT molecular complexity index is 172. The van der Waals surface area contributed by atoms with E-state index < -0.39 is 0 Å². The molecule has 0 aromatic rings. The van der Waals surface area contributed by atoms with Crippen molar-refractivity contribution < 1.29 is 0 Å². The van der Waals surface area contributed by atoms with Gasteiger partial charge in [0, 0.05) is 0 Å². The molecule has 0 aromatic carbocycles. The summed E-state index contributed by atoms with van der Waals surface area (Å²) in [6, 6.07) is 0. The lowest BCUT2D eigenvalue weighted by atomic mass is 10.1. The van der Waals surface area contributed by atoms with Crippen molar-refractivity contribution in [3.63, 3.8) is 0 Å². The van der Waals surface area contributed by atoms with Gasteiger partial charge >= 0.3 is 0 Å². The molecule has 0 heteroatoms. The Balaban J connectivity index is 3.49. The van der Waals surface area contributed by atoms with Crippen molar-refractivity contribution in [1.29, 1.82) is 0 Å². The lowest BCUT2D eigenvalue weighted by molar-refractivity contribution is 0.803. The Hall–Kier alpha value is -0.780. The van der Waals surface area contributed by atoms with Gasteiger partial charge in [-0.3, -0.25) is 0 Å². The molecular formula is C12H20. The molecule has 0 spiro atoms. The van der Waals surface area contributed by atoms with Crippen LogP contribution in [-0.4, -0.2) is 0 Å². The van der Waals surface area contributed by atoms with Crippen LogP contribution in [0.15, 0.2) is 36.5 Å². The molecule has 0 fully saturated rings. The molecule has 0 nitrogen and oxygen atoms in total. The van der Waals surface area contributed by atoms with Gasteiger partial charge in [-0.15, -0.1) is 13.2 Å². The fourth-order valence-electron chi connectivity index (χ4n) is 1.06. The van der Waals surface area contributed by atoms with Crippen LogP contribution in [0.4, 0.5) is 0 Å². The molecule has 0 aliphatic rings.